The summed E-state index contributed by atoms with van der Waals surface area (Å²) in [6, 6.07) is 8.70. The molecule has 2 N–H and O–H groups in total. The Labute approximate surface area is 143 Å². The number of hydrogen-bond donors (Lipinski definition) is 2. The molecule has 1 aromatic carbocycles. The first-order chi connectivity index (χ1) is 11.6. The van der Waals surface area contributed by atoms with Crippen LogP contribution in [0.3, 0.4) is 0 Å². The number of rotatable bonds is 5. The Morgan fingerprint density at radius 3 is 2.79 bits per heavy atom. The zero-order valence-electron chi connectivity index (χ0n) is 14.7. The van der Waals surface area contributed by atoms with E-state index >= 15 is 0 Å². The molecule has 0 amide bonds. The third-order valence-electron chi connectivity index (χ3n) is 4.71. The second-order valence-corrected chi connectivity index (χ2v) is 6.59. The van der Waals surface area contributed by atoms with Gasteiger partial charge in [0.15, 0.2) is 0 Å². The quantitative estimate of drug-likeness (QED) is 0.883. The van der Waals surface area contributed by atoms with Crippen LogP contribution >= 0.6 is 0 Å². The fraction of sp³-hybridized carbons (Fsp3) is 0.474. The van der Waals surface area contributed by atoms with Crippen molar-refractivity contribution in [3.8, 4) is 0 Å². The molecule has 0 spiro atoms. The van der Waals surface area contributed by atoms with Gasteiger partial charge in [-0.3, -0.25) is 0 Å². The lowest BCUT2D eigenvalue weighted by molar-refractivity contribution is 0.199. The van der Waals surface area contributed by atoms with Crippen LogP contribution in [0.5, 0.6) is 0 Å². The number of aliphatic hydroxyl groups excluding tert-OH is 1. The normalized spacial score (nSPS) is 16.4. The molecule has 2 aromatic rings. The third-order valence-corrected chi connectivity index (χ3v) is 4.71. The van der Waals surface area contributed by atoms with Gasteiger partial charge in [0.25, 0.3) is 0 Å². The summed E-state index contributed by atoms with van der Waals surface area (Å²) < 4.78 is 0. The van der Waals surface area contributed by atoms with E-state index in [0.717, 1.165) is 43.1 Å². The van der Waals surface area contributed by atoms with Crippen molar-refractivity contribution in [1.29, 1.82) is 0 Å². The molecule has 0 aliphatic carbocycles. The summed E-state index contributed by atoms with van der Waals surface area (Å²) in [5.41, 5.74) is 3.63. The van der Waals surface area contributed by atoms with Crippen LogP contribution in [0.1, 0.15) is 50.0 Å². The average Bonchev–Trinajstić information content (AvgIpc) is 2.60. The van der Waals surface area contributed by atoms with Crippen LogP contribution in [0, 0.1) is 0 Å². The van der Waals surface area contributed by atoms with Crippen molar-refractivity contribution < 1.29 is 5.11 Å². The highest BCUT2D eigenvalue weighted by molar-refractivity contribution is 5.51. The summed E-state index contributed by atoms with van der Waals surface area (Å²) in [6.07, 6.45) is 3.24. The van der Waals surface area contributed by atoms with E-state index in [4.69, 9.17) is 0 Å². The van der Waals surface area contributed by atoms with Gasteiger partial charge in [0.05, 0.1) is 6.10 Å². The molecule has 0 saturated heterocycles. The maximum absolute atomic E-state index is 9.74. The van der Waals surface area contributed by atoms with Gasteiger partial charge in [0.1, 0.15) is 18.0 Å². The molecule has 0 saturated carbocycles. The lowest BCUT2D eigenvalue weighted by Gasteiger charge is -2.30. The average molecular weight is 326 g/mol. The Bertz CT molecular complexity index is 702. The van der Waals surface area contributed by atoms with Crippen molar-refractivity contribution >= 4 is 11.6 Å². The van der Waals surface area contributed by atoms with Crippen LogP contribution in [-0.4, -0.2) is 27.7 Å². The van der Waals surface area contributed by atoms with Gasteiger partial charge in [0.2, 0.25) is 0 Å². The number of aliphatic hydroxyl groups is 1. The minimum atomic E-state index is -0.413. The van der Waals surface area contributed by atoms with E-state index in [1.54, 1.807) is 6.33 Å². The van der Waals surface area contributed by atoms with Gasteiger partial charge in [0, 0.05) is 25.2 Å². The van der Waals surface area contributed by atoms with Crippen LogP contribution in [-0.2, 0) is 13.0 Å². The zero-order chi connectivity index (χ0) is 17.1. The molecule has 1 aliphatic heterocycles. The highest BCUT2D eigenvalue weighted by Gasteiger charge is 2.19. The molecule has 2 heterocycles. The van der Waals surface area contributed by atoms with Gasteiger partial charge in [-0.2, -0.15) is 0 Å². The molecule has 128 valence electrons. The topological polar surface area (TPSA) is 61.3 Å². The van der Waals surface area contributed by atoms with Crippen molar-refractivity contribution in [1.82, 2.24) is 9.97 Å². The summed E-state index contributed by atoms with van der Waals surface area (Å²) in [5, 5.41) is 13.1. The number of benzene rings is 1. The van der Waals surface area contributed by atoms with Gasteiger partial charge in [-0.1, -0.05) is 25.1 Å². The van der Waals surface area contributed by atoms with Crippen molar-refractivity contribution in [2.45, 2.75) is 52.3 Å². The summed E-state index contributed by atoms with van der Waals surface area (Å²) in [5.74, 6) is 1.84. The molecule has 2 atom stereocenters. The molecule has 24 heavy (non-hydrogen) atoms. The molecule has 0 fully saturated rings. The van der Waals surface area contributed by atoms with Gasteiger partial charge < -0.3 is 15.3 Å². The van der Waals surface area contributed by atoms with Crippen LogP contribution in [0.25, 0.3) is 0 Å². The molecule has 5 heteroatoms. The van der Waals surface area contributed by atoms with E-state index in [0.29, 0.717) is 6.04 Å². The number of nitrogens with one attached hydrogen (secondary N) is 1. The summed E-state index contributed by atoms with van der Waals surface area (Å²) in [7, 11) is 0. The molecular weight excluding hydrogens is 300 g/mol. The Balaban J connectivity index is 1.77. The number of nitrogens with zero attached hydrogens (tertiary/aromatic N) is 3. The fourth-order valence-electron chi connectivity index (χ4n) is 2.98. The van der Waals surface area contributed by atoms with Crippen LogP contribution in [0.15, 0.2) is 30.6 Å². The zero-order valence-corrected chi connectivity index (χ0v) is 14.7. The van der Waals surface area contributed by atoms with Gasteiger partial charge in [-0.05, 0) is 43.4 Å². The predicted octanol–water partition coefficient (Wildman–Crippen LogP) is 3.30. The van der Waals surface area contributed by atoms with Gasteiger partial charge in [-0.15, -0.1) is 0 Å². The smallest absolute Gasteiger partial charge is 0.134 e. The third kappa shape index (κ3) is 3.67. The van der Waals surface area contributed by atoms with Crippen molar-refractivity contribution in [2.24, 2.45) is 0 Å². The highest BCUT2D eigenvalue weighted by Crippen LogP contribution is 2.26. The predicted molar refractivity (Wildman–Crippen MR) is 97.2 cm³/mol. The first-order valence-corrected chi connectivity index (χ1v) is 8.70. The van der Waals surface area contributed by atoms with Crippen molar-refractivity contribution in [3.63, 3.8) is 0 Å². The minimum Gasteiger partial charge on any atom is -0.389 e. The lowest BCUT2D eigenvalue weighted by atomic mass is 9.96. The Kier molecular flexibility index (Phi) is 5.00. The highest BCUT2D eigenvalue weighted by atomic mass is 16.3. The van der Waals surface area contributed by atoms with Crippen LogP contribution in [0.2, 0.25) is 0 Å². The van der Waals surface area contributed by atoms with E-state index in [2.05, 4.69) is 46.2 Å². The molecule has 0 bridgehead atoms. The van der Waals surface area contributed by atoms with Crippen molar-refractivity contribution in [2.75, 3.05) is 16.8 Å². The molecule has 3 rings (SSSR count). The second-order valence-electron chi connectivity index (χ2n) is 6.59. The minimum absolute atomic E-state index is 0.397. The maximum Gasteiger partial charge on any atom is 0.134 e. The molecule has 1 aliphatic rings. The molecular formula is C19H26N4O. The SMILES string of the molecule is CC[C@H](C)Nc1cc(N2CCc3cc([C@H](C)O)ccc3C2)ncn1. The molecule has 0 unspecified atom stereocenters. The van der Waals surface area contributed by atoms with Crippen LogP contribution in [0.4, 0.5) is 11.6 Å². The summed E-state index contributed by atoms with van der Waals surface area (Å²) in [6.45, 7) is 7.89. The van der Waals surface area contributed by atoms with E-state index in [1.165, 1.54) is 11.1 Å². The Morgan fingerprint density at radius 2 is 2.04 bits per heavy atom. The molecule has 5 nitrogen and oxygen atoms in total. The van der Waals surface area contributed by atoms with E-state index in [9.17, 15) is 5.11 Å². The standard InChI is InChI=1S/C19H26N4O/c1-4-13(2)22-18-10-19(21-12-20-18)23-8-7-16-9-15(14(3)24)5-6-17(16)11-23/h5-6,9-10,12-14,24H,4,7-8,11H2,1-3H3,(H,20,21,22)/t13-,14-/m0/s1. The Hall–Kier alpha value is -2.14. The molecule has 0 radical (unpaired) electrons. The lowest BCUT2D eigenvalue weighted by Crippen LogP contribution is -2.31. The van der Waals surface area contributed by atoms with Gasteiger partial charge >= 0.3 is 0 Å². The monoisotopic (exact) mass is 326 g/mol. The molecule has 1 aromatic heterocycles. The second kappa shape index (κ2) is 7.18. The maximum atomic E-state index is 9.74. The summed E-state index contributed by atoms with van der Waals surface area (Å²) in [4.78, 5) is 11.1. The number of aromatic nitrogens is 2. The fourth-order valence-corrected chi connectivity index (χ4v) is 2.98. The largest absolute Gasteiger partial charge is 0.389 e. The first kappa shape index (κ1) is 16.7. The van der Waals surface area contributed by atoms with Gasteiger partial charge in [-0.25, -0.2) is 9.97 Å². The number of anilines is 2. The number of hydrogen-bond acceptors (Lipinski definition) is 5. The Morgan fingerprint density at radius 1 is 1.21 bits per heavy atom. The van der Waals surface area contributed by atoms with E-state index in [-0.39, 0.29) is 0 Å². The van der Waals surface area contributed by atoms with E-state index < -0.39 is 6.10 Å². The number of fused-ring (bicyclic) bond motifs is 1. The van der Waals surface area contributed by atoms with E-state index in [1.807, 2.05) is 19.1 Å². The summed E-state index contributed by atoms with van der Waals surface area (Å²) >= 11 is 0. The van der Waals surface area contributed by atoms with Crippen molar-refractivity contribution in [3.05, 3.63) is 47.3 Å². The first-order valence-electron chi connectivity index (χ1n) is 8.70. The van der Waals surface area contributed by atoms with Crippen LogP contribution < -0.4 is 10.2 Å².